The summed E-state index contributed by atoms with van der Waals surface area (Å²) >= 11 is 1.04. The Morgan fingerprint density at radius 1 is 1.24 bits per heavy atom. The summed E-state index contributed by atoms with van der Waals surface area (Å²) in [5.41, 5.74) is 1.98. The summed E-state index contributed by atoms with van der Waals surface area (Å²) in [7, 11) is 1.50. The fourth-order valence-electron chi connectivity index (χ4n) is 1.93. The molecule has 1 aromatic carbocycles. The largest absolute Gasteiger partial charge is 0.496 e. The number of methoxy groups -OCH3 is 1. The van der Waals surface area contributed by atoms with E-state index >= 15 is 0 Å². The van der Waals surface area contributed by atoms with E-state index in [1.54, 1.807) is 25.1 Å². The number of hydrogen-bond donors (Lipinski definition) is 2. The molecule has 0 aliphatic carbocycles. The molecule has 5 nitrogen and oxygen atoms in total. The summed E-state index contributed by atoms with van der Waals surface area (Å²) in [6.45, 7) is 3.58. The summed E-state index contributed by atoms with van der Waals surface area (Å²) in [5, 5.41) is 12.2. The van der Waals surface area contributed by atoms with Gasteiger partial charge in [0.2, 0.25) is 0 Å². The number of thiophene rings is 1. The van der Waals surface area contributed by atoms with E-state index in [9.17, 15) is 9.59 Å². The van der Waals surface area contributed by atoms with E-state index in [2.05, 4.69) is 5.32 Å². The van der Waals surface area contributed by atoms with Crippen molar-refractivity contribution in [2.75, 3.05) is 12.4 Å². The van der Waals surface area contributed by atoms with Crippen LogP contribution < -0.4 is 10.1 Å². The maximum Gasteiger partial charge on any atom is 0.346 e. The highest BCUT2D eigenvalue weighted by Gasteiger charge is 2.16. The summed E-state index contributed by atoms with van der Waals surface area (Å²) in [6.07, 6.45) is 0. The first kappa shape index (κ1) is 15.1. The summed E-state index contributed by atoms with van der Waals surface area (Å²) in [5.74, 6) is -0.843. The lowest BCUT2D eigenvalue weighted by molar-refractivity contribution is 0.0701. The maximum absolute atomic E-state index is 12.3. The van der Waals surface area contributed by atoms with E-state index in [-0.39, 0.29) is 10.8 Å². The van der Waals surface area contributed by atoms with Crippen molar-refractivity contribution in [3.8, 4) is 5.75 Å². The SMILES string of the molecule is COc1ccc(C)cc1C(=O)Nc1cc(C)c(C(=O)O)s1. The Labute approximate surface area is 126 Å². The number of aryl methyl sites for hydroxylation is 2. The van der Waals surface area contributed by atoms with Crippen LogP contribution in [0.3, 0.4) is 0 Å². The van der Waals surface area contributed by atoms with Crippen LogP contribution in [0.15, 0.2) is 24.3 Å². The van der Waals surface area contributed by atoms with Gasteiger partial charge in [-0.2, -0.15) is 0 Å². The normalized spacial score (nSPS) is 10.2. The van der Waals surface area contributed by atoms with Crippen molar-refractivity contribution in [3.05, 3.63) is 45.8 Å². The molecule has 0 unspecified atom stereocenters. The van der Waals surface area contributed by atoms with E-state index < -0.39 is 5.97 Å². The summed E-state index contributed by atoms with van der Waals surface area (Å²) < 4.78 is 5.17. The predicted molar refractivity (Wildman–Crippen MR) is 81.7 cm³/mol. The second-order valence-corrected chi connectivity index (χ2v) is 5.64. The van der Waals surface area contributed by atoms with Gasteiger partial charge < -0.3 is 15.2 Å². The second-order valence-electron chi connectivity index (χ2n) is 4.59. The Balaban J connectivity index is 2.28. The molecule has 2 aromatic rings. The molecule has 110 valence electrons. The average Bonchev–Trinajstić information content (AvgIpc) is 2.79. The molecular weight excluding hydrogens is 290 g/mol. The number of carbonyl (C=O) groups excluding carboxylic acids is 1. The number of rotatable bonds is 4. The van der Waals surface area contributed by atoms with E-state index in [1.165, 1.54) is 7.11 Å². The van der Waals surface area contributed by atoms with Crippen molar-refractivity contribution in [3.63, 3.8) is 0 Å². The average molecular weight is 305 g/mol. The number of ether oxygens (including phenoxy) is 1. The van der Waals surface area contributed by atoms with Crippen LogP contribution in [0.4, 0.5) is 5.00 Å². The molecule has 2 N–H and O–H groups in total. The van der Waals surface area contributed by atoms with Gasteiger partial charge in [0.1, 0.15) is 10.6 Å². The fourth-order valence-corrected chi connectivity index (χ4v) is 2.84. The van der Waals surface area contributed by atoms with Gasteiger partial charge in [0.15, 0.2) is 0 Å². The zero-order chi connectivity index (χ0) is 15.6. The molecule has 0 aliphatic heterocycles. The molecule has 0 fully saturated rings. The van der Waals surface area contributed by atoms with Crippen LogP contribution in [0.1, 0.15) is 31.2 Å². The van der Waals surface area contributed by atoms with Crippen LogP contribution in [0, 0.1) is 13.8 Å². The highest BCUT2D eigenvalue weighted by atomic mass is 32.1. The topological polar surface area (TPSA) is 75.6 Å². The van der Waals surface area contributed by atoms with Crippen LogP contribution in [0.5, 0.6) is 5.75 Å². The molecule has 1 heterocycles. The number of anilines is 1. The Morgan fingerprint density at radius 2 is 1.95 bits per heavy atom. The Kier molecular flexibility index (Phi) is 4.28. The van der Waals surface area contributed by atoms with E-state index in [4.69, 9.17) is 9.84 Å². The Morgan fingerprint density at radius 3 is 2.52 bits per heavy atom. The molecule has 6 heteroatoms. The number of amides is 1. The van der Waals surface area contributed by atoms with Gasteiger partial charge in [0.25, 0.3) is 5.91 Å². The quantitative estimate of drug-likeness (QED) is 0.908. The molecule has 21 heavy (non-hydrogen) atoms. The highest BCUT2D eigenvalue weighted by Crippen LogP contribution is 2.28. The van der Waals surface area contributed by atoms with Crippen LogP contribution in [0.25, 0.3) is 0 Å². The van der Waals surface area contributed by atoms with E-state index in [0.717, 1.165) is 16.9 Å². The van der Waals surface area contributed by atoms with Crippen molar-refractivity contribution in [1.82, 2.24) is 0 Å². The van der Waals surface area contributed by atoms with Gasteiger partial charge >= 0.3 is 5.97 Å². The smallest absolute Gasteiger partial charge is 0.346 e. The maximum atomic E-state index is 12.3. The number of aromatic carboxylic acids is 1. The lowest BCUT2D eigenvalue weighted by Crippen LogP contribution is -2.12. The first-order chi connectivity index (χ1) is 9.92. The lowest BCUT2D eigenvalue weighted by Gasteiger charge is -2.09. The standard InChI is InChI=1S/C15H15NO4S/c1-8-4-5-11(20-3)10(6-8)14(17)16-12-7-9(2)13(21-12)15(18)19/h4-7H,1-3H3,(H,16,17)(H,18,19). The monoisotopic (exact) mass is 305 g/mol. The third-order valence-electron chi connectivity index (χ3n) is 2.95. The molecule has 0 saturated carbocycles. The molecule has 0 radical (unpaired) electrons. The van der Waals surface area contributed by atoms with Gasteiger partial charge in [0, 0.05) is 0 Å². The van der Waals surface area contributed by atoms with Gasteiger partial charge in [-0.1, -0.05) is 11.6 Å². The molecule has 0 atom stereocenters. The van der Waals surface area contributed by atoms with Gasteiger partial charge in [-0.15, -0.1) is 11.3 Å². The van der Waals surface area contributed by atoms with Crippen LogP contribution in [0.2, 0.25) is 0 Å². The van der Waals surface area contributed by atoms with Crippen LogP contribution in [-0.2, 0) is 0 Å². The van der Waals surface area contributed by atoms with E-state index in [0.29, 0.717) is 21.9 Å². The second kappa shape index (κ2) is 5.97. The molecule has 2 rings (SSSR count). The lowest BCUT2D eigenvalue weighted by atomic mass is 10.1. The van der Waals surface area contributed by atoms with Crippen molar-refractivity contribution >= 4 is 28.2 Å². The minimum absolute atomic E-state index is 0.224. The molecule has 0 bridgehead atoms. The van der Waals surface area contributed by atoms with Gasteiger partial charge in [-0.05, 0) is 37.6 Å². The minimum Gasteiger partial charge on any atom is -0.496 e. The van der Waals surface area contributed by atoms with Gasteiger partial charge in [0.05, 0.1) is 17.7 Å². The van der Waals surface area contributed by atoms with Crippen LogP contribution in [-0.4, -0.2) is 24.1 Å². The van der Waals surface area contributed by atoms with Gasteiger partial charge in [-0.25, -0.2) is 4.79 Å². The number of carboxylic acid groups (broad SMARTS) is 1. The third-order valence-corrected chi connectivity index (χ3v) is 4.09. The molecule has 1 aromatic heterocycles. The van der Waals surface area contributed by atoms with Crippen LogP contribution >= 0.6 is 11.3 Å². The van der Waals surface area contributed by atoms with Crippen molar-refractivity contribution < 1.29 is 19.4 Å². The van der Waals surface area contributed by atoms with Crippen molar-refractivity contribution in [2.45, 2.75) is 13.8 Å². The minimum atomic E-state index is -0.994. The Bertz CT molecular complexity index is 706. The Hall–Kier alpha value is -2.34. The molecule has 1 amide bonds. The number of nitrogens with one attached hydrogen (secondary N) is 1. The van der Waals surface area contributed by atoms with Crippen molar-refractivity contribution in [1.29, 1.82) is 0 Å². The number of carboxylic acids is 1. The molecule has 0 spiro atoms. The molecule has 0 saturated heterocycles. The first-order valence-corrected chi connectivity index (χ1v) is 7.03. The zero-order valence-electron chi connectivity index (χ0n) is 11.9. The highest BCUT2D eigenvalue weighted by molar-refractivity contribution is 7.18. The fraction of sp³-hybridized carbons (Fsp3) is 0.200. The van der Waals surface area contributed by atoms with Crippen molar-refractivity contribution in [2.24, 2.45) is 0 Å². The van der Waals surface area contributed by atoms with E-state index in [1.807, 2.05) is 13.0 Å². The molecule has 0 aliphatic rings. The zero-order valence-corrected chi connectivity index (χ0v) is 12.7. The van der Waals surface area contributed by atoms with Gasteiger partial charge in [-0.3, -0.25) is 4.79 Å². The number of benzene rings is 1. The molecular formula is C15H15NO4S. The summed E-state index contributed by atoms with van der Waals surface area (Å²) in [6, 6.07) is 6.96. The first-order valence-electron chi connectivity index (χ1n) is 6.22. The summed E-state index contributed by atoms with van der Waals surface area (Å²) in [4.78, 5) is 23.5. The third kappa shape index (κ3) is 3.22. The predicted octanol–water partition coefficient (Wildman–Crippen LogP) is 3.32. The number of carbonyl (C=O) groups is 2. The number of hydrogen-bond acceptors (Lipinski definition) is 4.